The van der Waals surface area contributed by atoms with Crippen molar-refractivity contribution in [1.82, 2.24) is 24.6 Å². The molecule has 0 atom stereocenters. The lowest BCUT2D eigenvalue weighted by atomic mass is 9.89. The molecule has 0 saturated carbocycles. The summed E-state index contributed by atoms with van der Waals surface area (Å²) in [5.74, 6) is 0.307. The normalized spacial score (nSPS) is 16.2. The third-order valence-electron chi connectivity index (χ3n) is 8.57. The Bertz CT molecular complexity index is 1640. The third kappa shape index (κ3) is 5.83. The Morgan fingerprint density at radius 1 is 1.16 bits per heavy atom. The Morgan fingerprint density at radius 3 is 2.72 bits per heavy atom. The molecule has 3 aromatic heterocycles. The summed E-state index contributed by atoms with van der Waals surface area (Å²) in [5.41, 5.74) is 5.18. The van der Waals surface area contributed by atoms with Crippen molar-refractivity contribution in [2.75, 3.05) is 40.0 Å². The summed E-state index contributed by atoms with van der Waals surface area (Å²) in [5, 5.41) is 8.25. The number of ether oxygens (including phenoxy) is 2. The van der Waals surface area contributed by atoms with Crippen molar-refractivity contribution in [3.8, 4) is 28.3 Å². The van der Waals surface area contributed by atoms with Gasteiger partial charge in [-0.15, -0.1) is 11.3 Å². The molecule has 0 bridgehead atoms. The largest absolute Gasteiger partial charge is 0.490 e. The second-order valence-electron chi connectivity index (χ2n) is 11.5. The summed E-state index contributed by atoms with van der Waals surface area (Å²) < 4.78 is 28.9. The number of nitrogens with zero attached hydrogens (tertiary/aromatic N) is 5. The number of fused-ring (bicyclic) bond motifs is 2. The minimum absolute atomic E-state index is 0.0907. The molecule has 226 valence electrons. The van der Waals surface area contributed by atoms with Crippen molar-refractivity contribution in [2.45, 2.75) is 51.7 Å². The molecule has 2 aliphatic heterocycles. The fourth-order valence-corrected chi connectivity index (χ4v) is 7.21. The van der Waals surface area contributed by atoms with Gasteiger partial charge in [-0.1, -0.05) is 6.58 Å². The van der Waals surface area contributed by atoms with Gasteiger partial charge in [-0.05, 0) is 75.5 Å². The van der Waals surface area contributed by atoms with Crippen LogP contribution in [0.15, 0.2) is 48.4 Å². The van der Waals surface area contributed by atoms with Crippen molar-refractivity contribution >= 4 is 27.3 Å². The summed E-state index contributed by atoms with van der Waals surface area (Å²) in [7, 11) is 1.61. The second kappa shape index (κ2) is 12.6. The molecule has 10 heteroatoms. The molecule has 1 amide bonds. The van der Waals surface area contributed by atoms with Crippen LogP contribution in [-0.4, -0.2) is 76.5 Å². The number of carbonyl (C=O) groups excluding carboxylic acids is 1. The van der Waals surface area contributed by atoms with E-state index in [0.29, 0.717) is 50.6 Å². The quantitative estimate of drug-likeness (QED) is 0.170. The molecule has 0 unspecified atom stereocenters. The summed E-state index contributed by atoms with van der Waals surface area (Å²) in [6.45, 7) is 12.5. The maximum atomic E-state index is 14.5. The topological polar surface area (TPSA) is 72.7 Å². The Hall–Kier alpha value is -3.60. The average Bonchev–Trinajstić information content (AvgIpc) is 3.68. The van der Waals surface area contributed by atoms with Gasteiger partial charge in [0.1, 0.15) is 29.6 Å². The van der Waals surface area contributed by atoms with Crippen LogP contribution in [0.4, 0.5) is 4.39 Å². The molecule has 8 nitrogen and oxygen atoms in total. The van der Waals surface area contributed by atoms with Gasteiger partial charge < -0.3 is 19.3 Å². The number of piperidine rings is 1. The Morgan fingerprint density at radius 2 is 1.98 bits per heavy atom. The van der Waals surface area contributed by atoms with Crippen molar-refractivity contribution in [3.05, 3.63) is 65.6 Å². The zero-order valence-electron chi connectivity index (χ0n) is 25.0. The number of benzene rings is 1. The number of halogens is 1. The lowest BCUT2D eigenvalue weighted by Crippen LogP contribution is -2.38. The average molecular weight is 604 g/mol. The van der Waals surface area contributed by atoms with E-state index in [9.17, 15) is 9.18 Å². The highest BCUT2D eigenvalue weighted by atomic mass is 32.1. The zero-order valence-corrected chi connectivity index (χ0v) is 25.8. The number of carbonyl (C=O) groups is 1. The maximum absolute atomic E-state index is 14.5. The summed E-state index contributed by atoms with van der Waals surface area (Å²) in [4.78, 5) is 22.1. The van der Waals surface area contributed by atoms with E-state index >= 15 is 0 Å². The Labute approximate surface area is 255 Å². The lowest BCUT2D eigenvalue weighted by Gasteiger charge is -2.34. The Balaban J connectivity index is 1.51. The first-order chi connectivity index (χ1) is 20.9. The van der Waals surface area contributed by atoms with Gasteiger partial charge >= 0.3 is 0 Å². The predicted octanol–water partition coefficient (Wildman–Crippen LogP) is 6.11. The molecule has 5 heterocycles. The summed E-state index contributed by atoms with van der Waals surface area (Å²) >= 11 is 1.66. The molecule has 1 saturated heterocycles. The second-order valence-corrected chi connectivity index (χ2v) is 12.4. The number of likely N-dealkylation sites (tertiary alicyclic amines) is 1. The number of methoxy groups -OCH3 is 1. The van der Waals surface area contributed by atoms with Crippen molar-refractivity contribution in [1.29, 1.82) is 0 Å². The monoisotopic (exact) mass is 603 g/mol. The number of thiophene rings is 1. The highest BCUT2D eigenvalue weighted by Gasteiger charge is 2.30. The van der Waals surface area contributed by atoms with Gasteiger partial charge in [-0.25, -0.2) is 9.37 Å². The molecule has 1 fully saturated rings. The van der Waals surface area contributed by atoms with Crippen LogP contribution in [0, 0.1) is 5.82 Å². The molecular weight excluding hydrogens is 565 g/mol. The van der Waals surface area contributed by atoms with Crippen LogP contribution in [0.1, 0.15) is 44.0 Å². The number of hydrogen-bond acceptors (Lipinski definition) is 7. The molecule has 0 N–H and O–H groups in total. The maximum Gasteiger partial charge on any atom is 0.246 e. The van der Waals surface area contributed by atoms with Crippen LogP contribution in [0.5, 0.6) is 5.75 Å². The van der Waals surface area contributed by atoms with Crippen molar-refractivity contribution in [3.63, 3.8) is 0 Å². The number of pyridine rings is 1. The van der Waals surface area contributed by atoms with Crippen LogP contribution in [-0.2, 0) is 22.6 Å². The first-order valence-corrected chi connectivity index (χ1v) is 15.8. The van der Waals surface area contributed by atoms with Gasteiger partial charge in [0.05, 0.1) is 31.1 Å². The van der Waals surface area contributed by atoms with Crippen LogP contribution in [0.25, 0.3) is 32.6 Å². The molecular formula is C33H38FN5O3S. The number of amides is 1. The standard InChI is InChI=1S/C33H38FN5O3S/c1-5-29(40)38-13-14-39-24(20-38)19-27(36-39)32-30(25-7-6-23(34)18-28(25)42-16-15-41-4)33-26(10-17-43-33)31(35-32)22-8-11-37(12-9-22)21(2)3/h5-7,10,17-19,21-22H,1,8-9,11-16,20H2,2-4H3. The Kier molecular flexibility index (Phi) is 8.61. The zero-order chi connectivity index (χ0) is 30.1. The van der Waals surface area contributed by atoms with Crippen molar-refractivity contribution in [2.24, 2.45) is 0 Å². The van der Waals surface area contributed by atoms with E-state index in [2.05, 4.69) is 36.8 Å². The fourth-order valence-electron chi connectivity index (χ4n) is 6.24. The van der Waals surface area contributed by atoms with Gasteiger partial charge in [-0.2, -0.15) is 5.10 Å². The first kappa shape index (κ1) is 29.5. The van der Waals surface area contributed by atoms with Crippen LogP contribution >= 0.6 is 11.3 Å². The van der Waals surface area contributed by atoms with Gasteiger partial charge in [-0.3, -0.25) is 9.48 Å². The van der Waals surface area contributed by atoms with E-state index in [0.717, 1.165) is 69.9 Å². The molecule has 4 aromatic rings. The first-order valence-electron chi connectivity index (χ1n) is 14.9. The van der Waals surface area contributed by atoms with E-state index in [1.807, 2.05) is 10.7 Å². The minimum Gasteiger partial charge on any atom is -0.490 e. The van der Waals surface area contributed by atoms with Gasteiger partial charge in [0.25, 0.3) is 0 Å². The number of rotatable bonds is 9. The van der Waals surface area contributed by atoms with Gasteiger partial charge in [0.15, 0.2) is 0 Å². The van der Waals surface area contributed by atoms with Crippen LogP contribution in [0.3, 0.4) is 0 Å². The third-order valence-corrected chi connectivity index (χ3v) is 9.50. The summed E-state index contributed by atoms with van der Waals surface area (Å²) in [6.07, 6.45) is 3.43. The molecule has 1 aromatic carbocycles. The van der Waals surface area contributed by atoms with E-state index in [4.69, 9.17) is 19.6 Å². The van der Waals surface area contributed by atoms with Crippen molar-refractivity contribution < 1.29 is 18.7 Å². The van der Waals surface area contributed by atoms with Crippen LogP contribution in [0.2, 0.25) is 0 Å². The number of hydrogen-bond donors (Lipinski definition) is 0. The molecule has 0 spiro atoms. The van der Waals surface area contributed by atoms with E-state index in [1.165, 1.54) is 18.2 Å². The lowest BCUT2D eigenvalue weighted by molar-refractivity contribution is -0.127. The highest BCUT2D eigenvalue weighted by molar-refractivity contribution is 7.17. The number of aromatic nitrogens is 3. The van der Waals surface area contributed by atoms with Gasteiger partial charge in [0.2, 0.25) is 5.91 Å². The van der Waals surface area contributed by atoms with Gasteiger partial charge in [0, 0.05) is 52.9 Å². The molecule has 0 aliphatic carbocycles. The molecule has 6 rings (SSSR count). The van der Waals surface area contributed by atoms with E-state index < -0.39 is 0 Å². The van der Waals surface area contributed by atoms with Crippen LogP contribution < -0.4 is 4.74 Å². The fraction of sp³-hybridized carbons (Fsp3) is 0.424. The SMILES string of the molecule is C=CC(=O)N1CCn2nc(-c3nc(C4CCN(C(C)C)CC4)c4ccsc4c3-c3ccc(F)cc3OCCOC)cc2C1. The molecule has 2 aliphatic rings. The smallest absolute Gasteiger partial charge is 0.246 e. The highest BCUT2D eigenvalue weighted by Crippen LogP contribution is 2.46. The molecule has 43 heavy (non-hydrogen) atoms. The van der Waals surface area contributed by atoms with E-state index in [-0.39, 0.29) is 11.7 Å². The van der Waals surface area contributed by atoms with E-state index in [1.54, 1.807) is 29.4 Å². The molecule has 0 radical (unpaired) electrons. The minimum atomic E-state index is -0.369. The summed E-state index contributed by atoms with van der Waals surface area (Å²) in [6, 6.07) is 9.39. The predicted molar refractivity (Wildman–Crippen MR) is 168 cm³/mol.